The van der Waals surface area contributed by atoms with Crippen LogP contribution in [0.25, 0.3) is 0 Å². The van der Waals surface area contributed by atoms with Crippen molar-refractivity contribution in [2.75, 3.05) is 12.8 Å². The first kappa shape index (κ1) is 10.8. The Bertz CT molecular complexity index is 123. The predicted molar refractivity (Wildman–Crippen MR) is 48.1 cm³/mol. The third kappa shape index (κ3) is 7.70. The maximum absolute atomic E-state index is 11.0. The van der Waals surface area contributed by atoms with Gasteiger partial charge in [0, 0.05) is 0 Å². The highest BCUT2D eigenvalue weighted by molar-refractivity contribution is 7.39. The second-order valence-corrected chi connectivity index (χ2v) is 3.69. The van der Waals surface area contributed by atoms with Crippen LogP contribution in [-0.2, 0) is 9.09 Å². The molecule has 0 spiro atoms. The molecule has 0 heterocycles. The van der Waals surface area contributed by atoms with Gasteiger partial charge in [0.15, 0.2) is 6.16 Å². The molecule has 0 aromatic carbocycles. The number of rotatable bonds is 7. The van der Waals surface area contributed by atoms with Crippen molar-refractivity contribution < 1.29 is 9.09 Å². The minimum atomic E-state index is -1.40. The molecule has 2 nitrogen and oxygen atoms in total. The van der Waals surface area contributed by atoms with Gasteiger partial charge in [0.1, 0.15) is 6.61 Å². The molecule has 0 N–H and O–H groups in total. The van der Waals surface area contributed by atoms with Crippen molar-refractivity contribution in [3.63, 3.8) is 0 Å². The summed E-state index contributed by atoms with van der Waals surface area (Å²) in [5, 5.41) is 0. The van der Waals surface area contributed by atoms with Gasteiger partial charge in [-0.1, -0.05) is 13.0 Å². The molecule has 11 heavy (non-hydrogen) atoms. The van der Waals surface area contributed by atoms with Crippen LogP contribution in [0.4, 0.5) is 0 Å². The summed E-state index contributed by atoms with van der Waals surface area (Å²) in [6.45, 7) is 6.21. The number of unbranched alkanes of at least 4 members (excludes halogenated alkanes) is 1. The van der Waals surface area contributed by atoms with Crippen molar-refractivity contribution in [3.8, 4) is 0 Å². The van der Waals surface area contributed by atoms with Crippen LogP contribution in [-0.4, -0.2) is 12.8 Å². The third-order valence-corrected chi connectivity index (χ3v) is 2.34. The van der Waals surface area contributed by atoms with Crippen LogP contribution in [0.2, 0.25) is 0 Å². The summed E-state index contributed by atoms with van der Waals surface area (Å²) >= 11 is 0. The second-order valence-electron chi connectivity index (χ2n) is 2.32. The fraction of sp³-hybridized carbons (Fsp3) is 0.750. The first-order chi connectivity index (χ1) is 5.31. The lowest BCUT2D eigenvalue weighted by Gasteiger charge is -1.86. The average molecular weight is 175 g/mol. The van der Waals surface area contributed by atoms with Gasteiger partial charge in [-0.3, -0.25) is 0 Å². The summed E-state index contributed by atoms with van der Waals surface area (Å²) in [5.74, 6) is 0. The minimum absolute atomic E-state index is 0.614. The SMILES string of the molecule is C=CCCC[P+](=O)OCCC. The number of hydrogen-bond acceptors (Lipinski definition) is 2. The van der Waals surface area contributed by atoms with Gasteiger partial charge >= 0.3 is 8.03 Å². The van der Waals surface area contributed by atoms with E-state index in [0.29, 0.717) is 12.8 Å². The van der Waals surface area contributed by atoms with Gasteiger partial charge in [0.25, 0.3) is 0 Å². The van der Waals surface area contributed by atoms with E-state index in [1.54, 1.807) is 0 Å². The Hall–Kier alpha value is -0.200. The zero-order valence-corrected chi connectivity index (χ0v) is 7.98. The van der Waals surface area contributed by atoms with Gasteiger partial charge in [-0.15, -0.1) is 11.1 Å². The Balaban J connectivity index is 3.15. The largest absolute Gasteiger partial charge is 0.508 e. The molecule has 0 bridgehead atoms. The van der Waals surface area contributed by atoms with Crippen molar-refractivity contribution in [1.82, 2.24) is 0 Å². The predicted octanol–water partition coefficient (Wildman–Crippen LogP) is 3.12. The summed E-state index contributed by atoms with van der Waals surface area (Å²) in [4.78, 5) is 0. The van der Waals surface area contributed by atoms with Gasteiger partial charge in [0.05, 0.1) is 0 Å². The van der Waals surface area contributed by atoms with E-state index < -0.39 is 8.03 Å². The Labute approximate surface area is 69.5 Å². The van der Waals surface area contributed by atoms with Gasteiger partial charge in [-0.25, -0.2) is 0 Å². The molecule has 1 atom stereocenters. The Morgan fingerprint density at radius 2 is 2.36 bits per heavy atom. The standard InChI is InChI=1S/C8H16O2P/c1-3-5-6-8-11(9)10-7-4-2/h3H,1,4-8H2,2H3/q+1. The zero-order valence-electron chi connectivity index (χ0n) is 7.08. The molecule has 0 aromatic rings. The third-order valence-electron chi connectivity index (χ3n) is 1.19. The number of allylic oxidation sites excluding steroid dienone is 1. The van der Waals surface area contributed by atoms with Gasteiger partial charge < -0.3 is 0 Å². The van der Waals surface area contributed by atoms with Crippen LogP contribution in [0.5, 0.6) is 0 Å². The molecule has 0 aromatic heterocycles. The molecule has 0 rings (SSSR count). The van der Waals surface area contributed by atoms with E-state index in [0.717, 1.165) is 19.3 Å². The van der Waals surface area contributed by atoms with E-state index in [-0.39, 0.29) is 0 Å². The van der Waals surface area contributed by atoms with E-state index >= 15 is 0 Å². The molecular weight excluding hydrogens is 159 g/mol. The van der Waals surface area contributed by atoms with E-state index in [2.05, 4.69) is 6.58 Å². The van der Waals surface area contributed by atoms with Crippen LogP contribution in [0.15, 0.2) is 12.7 Å². The molecule has 0 aliphatic heterocycles. The quantitative estimate of drug-likeness (QED) is 0.337. The van der Waals surface area contributed by atoms with Crippen molar-refractivity contribution in [2.24, 2.45) is 0 Å². The van der Waals surface area contributed by atoms with E-state index in [4.69, 9.17) is 4.52 Å². The second kappa shape index (κ2) is 7.90. The summed E-state index contributed by atoms with van der Waals surface area (Å²) in [6, 6.07) is 0. The first-order valence-corrected chi connectivity index (χ1v) is 5.36. The molecule has 0 aliphatic rings. The molecule has 0 amide bonds. The van der Waals surface area contributed by atoms with E-state index in [1.165, 1.54) is 0 Å². The lowest BCUT2D eigenvalue weighted by molar-refractivity contribution is 0.328. The van der Waals surface area contributed by atoms with Gasteiger partial charge in [-0.05, 0) is 23.8 Å². The Morgan fingerprint density at radius 1 is 1.64 bits per heavy atom. The van der Waals surface area contributed by atoms with Gasteiger partial charge in [0.2, 0.25) is 0 Å². The van der Waals surface area contributed by atoms with Crippen molar-refractivity contribution in [2.45, 2.75) is 26.2 Å². The molecule has 0 fully saturated rings. The highest BCUT2D eigenvalue weighted by Crippen LogP contribution is 2.23. The highest BCUT2D eigenvalue weighted by atomic mass is 31.1. The maximum atomic E-state index is 11.0. The van der Waals surface area contributed by atoms with E-state index in [9.17, 15) is 4.57 Å². The van der Waals surface area contributed by atoms with Crippen LogP contribution in [0, 0.1) is 0 Å². The normalized spacial score (nSPS) is 11.2. The Kier molecular flexibility index (Phi) is 7.76. The van der Waals surface area contributed by atoms with Crippen LogP contribution < -0.4 is 0 Å². The monoisotopic (exact) mass is 175 g/mol. The molecule has 0 aliphatic carbocycles. The fourth-order valence-corrected chi connectivity index (χ4v) is 1.58. The maximum Gasteiger partial charge on any atom is 0.508 e. The summed E-state index contributed by atoms with van der Waals surface area (Å²) in [5.41, 5.74) is 0. The summed E-state index contributed by atoms with van der Waals surface area (Å²) in [6.07, 6.45) is 5.28. The van der Waals surface area contributed by atoms with Crippen LogP contribution >= 0.6 is 8.03 Å². The molecule has 0 radical (unpaired) electrons. The minimum Gasteiger partial charge on any atom is -0.146 e. The lowest BCUT2D eigenvalue weighted by Crippen LogP contribution is -1.85. The zero-order chi connectivity index (χ0) is 8.53. The molecule has 1 unspecified atom stereocenters. The lowest BCUT2D eigenvalue weighted by atomic mass is 10.3. The summed E-state index contributed by atoms with van der Waals surface area (Å²) < 4.78 is 16.0. The van der Waals surface area contributed by atoms with Crippen molar-refractivity contribution in [1.29, 1.82) is 0 Å². The molecular formula is C8H16O2P+. The van der Waals surface area contributed by atoms with Crippen LogP contribution in [0.3, 0.4) is 0 Å². The van der Waals surface area contributed by atoms with Crippen LogP contribution in [0.1, 0.15) is 26.2 Å². The molecule has 64 valence electrons. The fourth-order valence-electron chi connectivity index (χ4n) is 0.622. The molecule has 0 saturated carbocycles. The van der Waals surface area contributed by atoms with Crippen molar-refractivity contribution in [3.05, 3.63) is 12.7 Å². The van der Waals surface area contributed by atoms with E-state index in [1.807, 2.05) is 13.0 Å². The summed E-state index contributed by atoms with van der Waals surface area (Å²) in [7, 11) is -1.40. The topological polar surface area (TPSA) is 26.3 Å². The highest BCUT2D eigenvalue weighted by Gasteiger charge is 2.14. The van der Waals surface area contributed by atoms with Crippen molar-refractivity contribution >= 4 is 8.03 Å². The van der Waals surface area contributed by atoms with Gasteiger partial charge in [-0.2, -0.15) is 0 Å². The Morgan fingerprint density at radius 3 is 2.91 bits per heavy atom. The average Bonchev–Trinajstić information content (AvgIpc) is 2.01. The smallest absolute Gasteiger partial charge is 0.146 e. The molecule has 3 heteroatoms. The number of hydrogen-bond donors (Lipinski definition) is 0. The molecule has 0 saturated heterocycles. The first-order valence-electron chi connectivity index (χ1n) is 3.99.